The van der Waals surface area contributed by atoms with Gasteiger partial charge in [-0.25, -0.2) is 0 Å². The van der Waals surface area contributed by atoms with E-state index in [9.17, 15) is 18.0 Å². The van der Waals surface area contributed by atoms with Crippen molar-refractivity contribution in [3.63, 3.8) is 0 Å². The van der Waals surface area contributed by atoms with Crippen LogP contribution in [0.25, 0.3) is 0 Å². The maximum Gasteiger partial charge on any atom is 0.408 e. The van der Waals surface area contributed by atoms with Crippen molar-refractivity contribution in [1.29, 1.82) is 0 Å². The molecule has 2 atom stereocenters. The Morgan fingerprint density at radius 2 is 1.90 bits per heavy atom. The summed E-state index contributed by atoms with van der Waals surface area (Å²) in [4.78, 5) is 13.1. The molecule has 8 heteroatoms. The molecule has 0 radical (unpaired) electrons. The smallest absolute Gasteiger partial charge is 0.326 e. The molecule has 0 saturated carbocycles. The minimum absolute atomic E-state index is 0.0627. The third kappa shape index (κ3) is 3.62. The Bertz CT molecular complexity index is 551. The molecule has 0 spiro atoms. The molecule has 2 rings (SSSR count). The lowest BCUT2D eigenvalue weighted by atomic mass is 9.97. The standard InChI is InChI=1S/C13H13Cl2F3N2O/c14-9-3-1-7(5-10(9)15)12(21)20-6-8(19)2-4-11(20)13(16,17)18/h1,3,5,8,11H,2,4,6,19H2/t8-,11+/m1/s1. The van der Waals surface area contributed by atoms with Crippen LogP contribution in [0.5, 0.6) is 0 Å². The number of hydrogen-bond acceptors (Lipinski definition) is 2. The van der Waals surface area contributed by atoms with E-state index in [-0.39, 0.29) is 35.0 Å². The van der Waals surface area contributed by atoms with Crippen LogP contribution in [0.2, 0.25) is 10.0 Å². The van der Waals surface area contributed by atoms with E-state index in [1.54, 1.807) is 0 Å². The van der Waals surface area contributed by atoms with E-state index in [4.69, 9.17) is 28.9 Å². The van der Waals surface area contributed by atoms with E-state index in [0.717, 1.165) is 4.90 Å². The summed E-state index contributed by atoms with van der Waals surface area (Å²) in [6, 6.07) is 1.71. The second-order valence-electron chi connectivity index (χ2n) is 4.98. The van der Waals surface area contributed by atoms with Gasteiger partial charge in [-0.2, -0.15) is 13.2 Å². The number of carbonyl (C=O) groups excluding carboxylic acids is 1. The van der Waals surface area contributed by atoms with E-state index in [2.05, 4.69) is 0 Å². The molecule has 1 aromatic carbocycles. The van der Waals surface area contributed by atoms with Crippen molar-refractivity contribution < 1.29 is 18.0 Å². The minimum atomic E-state index is -4.48. The normalized spacial score (nSPS) is 23.2. The Balaban J connectivity index is 2.31. The number of halogens is 5. The first-order valence-electron chi connectivity index (χ1n) is 6.28. The lowest BCUT2D eigenvalue weighted by Gasteiger charge is -2.39. The van der Waals surface area contributed by atoms with Gasteiger partial charge in [-0.05, 0) is 31.0 Å². The Labute approximate surface area is 129 Å². The Morgan fingerprint density at radius 3 is 2.48 bits per heavy atom. The summed E-state index contributed by atoms with van der Waals surface area (Å²) in [5.74, 6) is -0.744. The first kappa shape index (κ1) is 16.4. The van der Waals surface area contributed by atoms with Crippen LogP contribution in [0.3, 0.4) is 0 Å². The van der Waals surface area contributed by atoms with Gasteiger partial charge in [-0.15, -0.1) is 0 Å². The average molecular weight is 341 g/mol. The average Bonchev–Trinajstić information content (AvgIpc) is 2.39. The Hall–Kier alpha value is -0.980. The summed E-state index contributed by atoms with van der Waals surface area (Å²) in [5, 5.41) is 0.350. The van der Waals surface area contributed by atoms with E-state index in [1.807, 2.05) is 0 Å². The van der Waals surface area contributed by atoms with Crippen molar-refractivity contribution >= 4 is 29.1 Å². The van der Waals surface area contributed by atoms with Gasteiger partial charge < -0.3 is 10.6 Å². The van der Waals surface area contributed by atoms with Gasteiger partial charge in [0.05, 0.1) is 10.0 Å². The van der Waals surface area contributed by atoms with E-state index in [1.165, 1.54) is 18.2 Å². The van der Waals surface area contributed by atoms with E-state index >= 15 is 0 Å². The number of benzene rings is 1. The molecule has 1 fully saturated rings. The van der Waals surface area contributed by atoms with Crippen LogP contribution < -0.4 is 5.73 Å². The number of nitrogens with zero attached hydrogens (tertiary/aromatic N) is 1. The van der Waals surface area contributed by atoms with Crippen LogP contribution in [0.4, 0.5) is 13.2 Å². The van der Waals surface area contributed by atoms with Crippen LogP contribution in [0.1, 0.15) is 23.2 Å². The van der Waals surface area contributed by atoms with Crippen molar-refractivity contribution in [3.8, 4) is 0 Å². The SMILES string of the molecule is N[C@@H]1CC[C@@H](C(F)(F)F)N(C(=O)c2ccc(Cl)c(Cl)c2)C1. The van der Waals surface area contributed by atoms with Crippen LogP contribution in [-0.2, 0) is 0 Å². The highest BCUT2D eigenvalue weighted by molar-refractivity contribution is 6.42. The molecule has 1 heterocycles. The van der Waals surface area contributed by atoms with Crippen molar-refractivity contribution in [1.82, 2.24) is 4.90 Å². The molecule has 0 aliphatic carbocycles. The highest BCUT2D eigenvalue weighted by atomic mass is 35.5. The largest absolute Gasteiger partial charge is 0.408 e. The predicted octanol–water partition coefficient (Wildman–Crippen LogP) is 3.49. The monoisotopic (exact) mass is 340 g/mol. The van der Waals surface area contributed by atoms with Gasteiger partial charge in [0, 0.05) is 18.2 Å². The van der Waals surface area contributed by atoms with Crippen LogP contribution >= 0.6 is 23.2 Å². The minimum Gasteiger partial charge on any atom is -0.326 e. The number of nitrogens with two attached hydrogens (primary N) is 1. The quantitative estimate of drug-likeness (QED) is 0.850. The number of carbonyl (C=O) groups is 1. The highest BCUT2D eigenvalue weighted by Crippen LogP contribution is 2.33. The predicted molar refractivity (Wildman–Crippen MR) is 74.6 cm³/mol. The van der Waals surface area contributed by atoms with Crippen molar-refractivity contribution in [2.24, 2.45) is 5.73 Å². The number of hydrogen-bond donors (Lipinski definition) is 1. The molecule has 1 aliphatic heterocycles. The summed E-state index contributed by atoms with van der Waals surface area (Å²) in [6.07, 6.45) is -4.45. The maximum atomic E-state index is 13.1. The number of alkyl halides is 3. The zero-order valence-corrected chi connectivity index (χ0v) is 12.3. The van der Waals surface area contributed by atoms with Crippen LogP contribution in [0, 0.1) is 0 Å². The number of amides is 1. The van der Waals surface area contributed by atoms with Gasteiger partial charge in [0.25, 0.3) is 5.91 Å². The van der Waals surface area contributed by atoms with Crippen molar-refractivity contribution in [2.45, 2.75) is 31.1 Å². The van der Waals surface area contributed by atoms with Gasteiger partial charge in [-0.3, -0.25) is 4.79 Å². The molecular weight excluding hydrogens is 328 g/mol. The number of rotatable bonds is 1. The molecule has 2 N–H and O–H groups in total. The van der Waals surface area contributed by atoms with Gasteiger partial charge >= 0.3 is 6.18 Å². The first-order chi connectivity index (χ1) is 9.70. The molecule has 3 nitrogen and oxygen atoms in total. The summed E-state index contributed by atoms with van der Waals surface area (Å²) in [5.41, 5.74) is 5.75. The van der Waals surface area contributed by atoms with Gasteiger partial charge in [0.15, 0.2) is 0 Å². The molecule has 0 unspecified atom stereocenters. The molecule has 116 valence electrons. The fourth-order valence-corrected chi connectivity index (χ4v) is 2.66. The number of piperidine rings is 1. The third-order valence-corrected chi connectivity index (χ3v) is 4.16. The fraction of sp³-hybridized carbons (Fsp3) is 0.462. The molecule has 21 heavy (non-hydrogen) atoms. The summed E-state index contributed by atoms with van der Waals surface area (Å²) < 4.78 is 39.2. The Morgan fingerprint density at radius 1 is 1.24 bits per heavy atom. The maximum absolute atomic E-state index is 13.1. The molecule has 1 saturated heterocycles. The molecule has 1 amide bonds. The summed E-state index contributed by atoms with van der Waals surface area (Å²) in [7, 11) is 0. The Kier molecular flexibility index (Phi) is 4.70. The van der Waals surface area contributed by atoms with Crippen LogP contribution in [0.15, 0.2) is 18.2 Å². The van der Waals surface area contributed by atoms with Crippen molar-refractivity contribution in [3.05, 3.63) is 33.8 Å². The molecule has 1 aliphatic rings. The van der Waals surface area contributed by atoms with Gasteiger partial charge in [0.2, 0.25) is 0 Å². The lowest BCUT2D eigenvalue weighted by molar-refractivity contribution is -0.184. The van der Waals surface area contributed by atoms with Gasteiger partial charge in [-0.1, -0.05) is 23.2 Å². The fourth-order valence-electron chi connectivity index (χ4n) is 2.36. The second-order valence-corrected chi connectivity index (χ2v) is 5.80. The van der Waals surface area contributed by atoms with Crippen LogP contribution in [-0.4, -0.2) is 35.6 Å². The number of likely N-dealkylation sites (tertiary alicyclic amines) is 1. The van der Waals surface area contributed by atoms with E-state index < -0.39 is 24.2 Å². The zero-order valence-electron chi connectivity index (χ0n) is 10.8. The van der Waals surface area contributed by atoms with Gasteiger partial charge in [0.1, 0.15) is 6.04 Å². The lowest BCUT2D eigenvalue weighted by Crippen LogP contribution is -2.56. The topological polar surface area (TPSA) is 46.3 Å². The second kappa shape index (κ2) is 6.02. The summed E-state index contributed by atoms with van der Waals surface area (Å²) in [6.45, 7) is -0.136. The first-order valence-corrected chi connectivity index (χ1v) is 7.04. The molecular formula is C13H13Cl2F3N2O. The van der Waals surface area contributed by atoms with E-state index in [0.29, 0.717) is 0 Å². The molecule has 0 bridgehead atoms. The highest BCUT2D eigenvalue weighted by Gasteiger charge is 2.47. The van der Waals surface area contributed by atoms with Crippen molar-refractivity contribution in [2.75, 3.05) is 6.54 Å². The third-order valence-electron chi connectivity index (χ3n) is 3.42. The zero-order chi connectivity index (χ0) is 15.8. The molecule has 1 aromatic rings. The summed E-state index contributed by atoms with van der Waals surface area (Å²) >= 11 is 11.5. The molecule has 0 aromatic heterocycles.